The number of quaternary nitrogens is 1. The van der Waals surface area contributed by atoms with Crippen molar-refractivity contribution in [2.75, 3.05) is 0 Å². The van der Waals surface area contributed by atoms with E-state index in [4.69, 9.17) is 5.73 Å². The summed E-state index contributed by atoms with van der Waals surface area (Å²) in [6.07, 6.45) is 12.4. The normalized spacial score (nSPS) is 40.5. The SMILES string of the molecule is CCCCC1[NH2+]C2CCCCC2C(N)C1CCC. The standard InChI is InChI=1S/C16H32N2/c1-3-5-10-14-12(8-4-2)16(17)13-9-6-7-11-15(13)18-14/h12-16,18H,3-11,17H2,1-2H3/p+1. The molecule has 2 heteroatoms. The number of hydrogen-bond acceptors (Lipinski definition) is 1. The van der Waals surface area contributed by atoms with Crippen molar-refractivity contribution in [2.45, 2.75) is 89.8 Å². The molecule has 1 aliphatic carbocycles. The van der Waals surface area contributed by atoms with Gasteiger partial charge in [-0.25, -0.2) is 0 Å². The fourth-order valence-corrected chi connectivity index (χ4v) is 4.46. The first-order chi connectivity index (χ1) is 8.77. The fourth-order valence-electron chi connectivity index (χ4n) is 4.46. The maximum absolute atomic E-state index is 6.66. The molecular weight excluding hydrogens is 220 g/mol. The topological polar surface area (TPSA) is 42.6 Å². The van der Waals surface area contributed by atoms with Gasteiger partial charge in [0.15, 0.2) is 0 Å². The zero-order valence-electron chi connectivity index (χ0n) is 12.4. The Bertz CT molecular complexity index is 241. The molecule has 0 bridgehead atoms. The Morgan fingerprint density at radius 3 is 2.56 bits per heavy atom. The van der Waals surface area contributed by atoms with Crippen LogP contribution in [0.4, 0.5) is 0 Å². The number of nitrogens with two attached hydrogens (primary N) is 2. The maximum atomic E-state index is 6.66. The molecule has 4 N–H and O–H groups in total. The van der Waals surface area contributed by atoms with Gasteiger partial charge in [-0.1, -0.05) is 33.1 Å². The van der Waals surface area contributed by atoms with Gasteiger partial charge < -0.3 is 11.1 Å². The molecule has 0 aromatic rings. The third kappa shape index (κ3) is 3.08. The molecule has 2 fully saturated rings. The minimum Gasteiger partial charge on any atom is -0.341 e. The fraction of sp³-hybridized carbons (Fsp3) is 1.00. The van der Waals surface area contributed by atoms with Crippen molar-refractivity contribution in [3.05, 3.63) is 0 Å². The van der Waals surface area contributed by atoms with Crippen molar-refractivity contribution < 1.29 is 5.32 Å². The Morgan fingerprint density at radius 1 is 1.06 bits per heavy atom. The monoisotopic (exact) mass is 253 g/mol. The average Bonchev–Trinajstić information content (AvgIpc) is 2.40. The summed E-state index contributed by atoms with van der Waals surface area (Å²) in [5, 5.41) is 2.74. The van der Waals surface area contributed by atoms with Crippen molar-refractivity contribution in [1.29, 1.82) is 0 Å². The molecule has 1 saturated carbocycles. The van der Waals surface area contributed by atoms with E-state index >= 15 is 0 Å². The molecule has 1 aliphatic heterocycles. The predicted molar refractivity (Wildman–Crippen MR) is 77.4 cm³/mol. The van der Waals surface area contributed by atoms with Crippen molar-refractivity contribution in [3.63, 3.8) is 0 Å². The summed E-state index contributed by atoms with van der Waals surface area (Å²) in [6, 6.07) is 2.16. The Hall–Kier alpha value is -0.0800. The van der Waals surface area contributed by atoms with Crippen molar-refractivity contribution in [3.8, 4) is 0 Å². The van der Waals surface area contributed by atoms with Gasteiger partial charge in [0.1, 0.15) is 0 Å². The minimum atomic E-state index is 0.488. The largest absolute Gasteiger partial charge is 0.341 e. The van der Waals surface area contributed by atoms with Gasteiger partial charge >= 0.3 is 0 Å². The van der Waals surface area contributed by atoms with Gasteiger partial charge in [-0.2, -0.15) is 0 Å². The Kier molecular flexibility index (Phi) is 5.50. The van der Waals surface area contributed by atoms with E-state index in [1.54, 1.807) is 0 Å². The van der Waals surface area contributed by atoms with Crippen LogP contribution in [0.5, 0.6) is 0 Å². The average molecular weight is 253 g/mol. The summed E-state index contributed by atoms with van der Waals surface area (Å²) >= 11 is 0. The van der Waals surface area contributed by atoms with Crippen LogP contribution in [-0.2, 0) is 0 Å². The smallest absolute Gasteiger partial charge is 0.0904 e. The number of piperidine rings is 1. The number of hydrogen-bond donors (Lipinski definition) is 2. The minimum absolute atomic E-state index is 0.488. The lowest BCUT2D eigenvalue weighted by atomic mass is 9.68. The van der Waals surface area contributed by atoms with Gasteiger partial charge in [0.2, 0.25) is 0 Å². The van der Waals surface area contributed by atoms with E-state index < -0.39 is 0 Å². The highest BCUT2D eigenvalue weighted by Crippen LogP contribution is 2.33. The second kappa shape index (κ2) is 6.91. The summed E-state index contributed by atoms with van der Waals surface area (Å²) < 4.78 is 0. The van der Waals surface area contributed by atoms with Crippen LogP contribution in [0, 0.1) is 11.8 Å². The van der Waals surface area contributed by atoms with E-state index in [9.17, 15) is 0 Å². The Labute approximate surface area is 113 Å². The first-order valence-corrected chi connectivity index (χ1v) is 8.38. The quantitative estimate of drug-likeness (QED) is 0.776. The first-order valence-electron chi connectivity index (χ1n) is 8.38. The van der Waals surface area contributed by atoms with Crippen LogP contribution in [-0.4, -0.2) is 18.1 Å². The molecule has 2 nitrogen and oxygen atoms in total. The summed E-state index contributed by atoms with van der Waals surface area (Å²) in [6.45, 7) is 4.62. The van der Waals surface area contributed by atoms with Crippen molar-refractivity contribution in [2.24, 2.45) is 17.6 Å². The van der Waals surface area contributed by atoms with Crippen LogP contribution in [0.3, 0.4) is 0 Å². The highest BCUT2D eigenvalue weighted by molar-refractivity contribution is 4.92. The summed E-state index contributed by atoms with van der Waals surface area (Å²) in [7, 11) is 0. The van der Waals surface area contributed by atoms with Gasteiger partial charge in [-0.3, -0.25) is 0 Å². The number of rotatable bonds is 5. The molecule has 0 aromatic heterocycles. The highest BCUT2D eigenvalue weighted by atomic mass is 15.0. The van der Waals surface area contributed by atoms with Crippen molar-refractivity contribution in [1.82, 2.24) is 0 Å². The van der Waals surface area contributed by atoms with Gasteiger partial charge in [0.05, 0.1) is 12.1 Å². The third-order valence-corrected chi connectivity index (χ3v) is 5.42. The van der Waals surface area contributed by atoms with E-state index in [2.05, 4.69) is 19.2 Å². The van der Waals surface area contributed by atoms with Crippen LogP contribution in [0.2, 0.25) is 0 Å². The van der Waals surface area contributed by atoms with Gasteiger partial charge in [0.25, 0.3) is 0 Å². The van der Waals surface area contributed by atoms with E-state index in [1.807, 2.05) is 0 Å². The summed E-state index contributed by atoms with van der Waals surface area (Å²) in [5.74, 6) is 1.59. The molecule has 0 radical (unpaired) electrons. The first kappa shape index (κ1) is 14.3. The van der Waals surface area contributed by atoms with E-state index in [-0.39, 0.29) is 0 Å². The van der Waals surface area contributed by atoms with Crippen LogP contribution < -0.4 is 11.1 Å². The van der Waals surface area contributed by atoms with Crippen molar-refractivity contribution >= 4 is 0 Å². The Balaban J connectivity index is 2.02. The molecule has 5 unspecified atom stereocenters. The molecule has 18 heavy (non-hydrogen) atoms. The molecule has 0 aromatic carbocycles. The van der Waals surface area contributed by atoms with Crippen LogP contribution in [0.25, 0.3) is 0 Å². The molecule has 2 aliphatic rings. The van der Waals surface area contributed by atoms with Crippen LogP contribution >= 0.6 is 0 Å². The second-order valence-electron chi connectivity index (χ2n) is 6.64. The summed E-state index contributed by atoms with van der Waals surface area (Å²) in [5.41, 5.74) is 6.66. The second-order valence-corrected chi connectivity index (χ2v) is 6.64. The lowest BCUT2D eigenvalue weighted by Crippen LogP contribution is -3.01. The zero-order valence-corrected chi connectivity index (χ0v) is 12.4. The highest BCUT2D eigenvalue weighted by Gasteiger charge is 2.45. The van der Waals surface area contributed by atoms with E-state index in [0.717, 1.165) is 23.9 Å². The number of fused-ring (bicyclic) bond motifs is 1. The molecular formula is C16H33N2+. The van der Waals surface area contributed by atoms with E-state index in [1.165, 1.54) is 57.8 Å². The maximum Gasteiger partial charge on any atom is 0.0904 e. The predicted octanol–water partition coefficient (Wildman–Crippen LogP) is 2.42. The summed E-state index contributed by atoms with van der Waals surface area (Å²) in [4.78, 5) is 0. The van der Waals surface area contributed by atoms with Gasteiger partial charge in [0, 0.05) is 17.9 Å². The molecule has 1 saturated heterocycles. The van der Waals surface area contributed by atoms with Crippen LogP contribution in [0.15, 0.2) is 0 Å². The molecule has 0 amide bonds. The Morgan fingerprint density at radius 2 is 1.83 bits per heavy atom. The van der Waals surface area contributed by atoms with E-state index in [0.29, 0.717) is 6.04 Å². The molecule has 5 atom stereocenters. The lowest BCUT2D eigenvalue weighted by molar-refractivity contribution is -0.747. The molecule has 106 valence electrons. The van der Waals surface area contributed by atoms with Crippen LogP contribution in [0.1, 0.15) is 71.6 Å². The number of unbranched alkanes of at least 4 members (excludes halogenated alkanes) is 1. The lowest BCUT2D eigenvalue weighted by Gasteiger charge is -2.46. The molecule has 2 rings (SSSR count). The zero-order chi connectivity index (χ0) is 13.0. The molecule has 0 spiro atoms. The van der Waals surface area contributed by atoms with Gasteiger partial charge in [-0.05, 0) is 38.5 Å². The third-order valence-electron chi connectivity index (χ3n) is 5.42. The molecule has 1 heterocycles. The van der Waals surface area contributed by atoms with Gasteiger partial charge in [-0.15, -0.1) is 0 Å².